The Labute approximate surface area is 194 Å². The minimum atomic E-state index is -0.964. The number of hydrogen-bond acceptors (Lipinski definition) is 4. The predicted octanol–water partition coefficient (Wildman–Crippen LogP) is 5.46. The van der Waals surface area contributed by atoms with Gasteiger partial charge in [-0.1, -0.05) is 30.3 Å². The standard InChI is InChI=1S/C27H21N3O4/c1-16-13-20(17(2)30(16)21-10-7-19(8-11-21)27(32)33)15-28-29-26(31)25-14-23-22-6-4-3-5-18(22)9-12-24(23)34-25/h3-15H,1-2H3,(H,29,31)(H,32,33). The maximum Gasteiger partial charge on any atom is 0.335 e. The molecule has 0 saturated carbocycles. The van der Waals surface area contributed by atoms with Crippen LogP contribution in [0.4, 0.5) is 0 Å². The van der Waals surface area contributed by atoms with Gasteiger partial charge < -0.3 is 14.1 Å². The highest BCUT2D eigenvalue weighted by Gasteiger charge is 2.14. The molecule has 7 nitrogen and oxygen atoms in total. The summed E-state index contributed by atoms with van der Waals surface area (Å²) in [6.45, 7) is 3.89. The molecule has 5 aromatic rings. The maximum absolute atomic E-state index is 12.6. The summed E-state index contributed by atoms with van der Waals surface area (Å²) < 4.78 is 7.74. The molecule has 0 bridgehead atoms. The number of hydrazone groups is 1. The highest BCUT2D eigenvalue weighted by molar-refractivity contribution is 6.08. The topological polar surface area (TPSA) is 96.8 Å². The number of nitrogens with zero attached hydrogens (tertiary/aromatic N) is 2. The van der Waals surface area contributed by atoms with Crippen LogP contribution in [0, 0.1) is 13.8 Å². The van der Waals surface area contributed by atoms with Gasteiger partial charge in [-0.2, -0.15) is 5.10 Å². The molecule has 0 atom stereocenters. The second-order valence-electron chi connectivity index (χ2n) is 8.02. The first-order chi connectivity index (χ1) is 16.4. The van der Waals surface area contributed by atoms with Crippen molar-refractivity contribution in [2.24, 2.45) is 5.10 Å². The molecule has 1 amide bonds. The molecule has 0 spiro atoms. The van der Waals surface area contributed by atoms with Gasteiger partial charge in [-0.25, -0.2) is 10.2 Å². The van der Waals surface area contributed by atoms with Crippen LogP contribution in [0.25, 0.3) is 27.4 Å². The van der Waals surface area contributed by atoms with E-state index in [0.717, 1.165) is 38.8 Å². The number of aromatic nitrogens is 1. The van der Waals surface area contributed by atoms with Crippen molar-refractivity contribution in [3.63, 3.8) is 0 Å². The second kappa shape index (κ2) is 8.37. The van der Waals surface area contributed by atoms with Crippen molar-refractivity contribution >= 4 is 39.8 Å². The third kappa shape index (κ3) is 3.73. The fraction of sp³-hybridized carbons (Fsp3) is 0.0741. The van der Waals surface area contributed by atoms with E-state index in [4.69, 9.17) is 9.52 Å². The van der Waals surface area contributed by atoms with Crippen molar-refractivity contribution in [2.45, 2.75) is 13.8 Å². The van der Waals surface area contributed by atoms with Crippen LogP contribution in [0.1, 0.15) is 37.9 Å². The smallest absolute Gasteiger partial charge is 0.335 e. The van der Waals surface area contributed by atoms with Crippen LogP contribution in [-0.4, -0.2) is 27.8 Å². The largest absolute Gasteiger partial charge is 0.478 e. The number of amides is 1. The quantitative estimate of drug-likeness (QED) is 0.274. The van der Waals surface area contributed by atoms with Gasteiger partial charge in [0.25, 0.3) is 0 Å². The molecule has 0 fully saturated rings. The van der Waals surface area contributed by atoms with Crippen molar-refractivity contribution in [2.75, 3.05) is 0 Å². The van der Waals surface area contributed by atoms with Crippen LogP contribution >= 0.6 is 0 Å². The number of nitrogens with one attached hydrogen (secondary N) is 1. The summed E-state index contributed by atoms with van der Waals surface area (Å²) in [4.78, 5) is 23.7. The van der Waals surface area contributed by atoms with E-state index in [9.17, 15) is 9.59 Å². The SMILES string of the molecule is Cc1cc(C=NNC(=O)c2cc3c(ccc4ccccc43)o2)c(C)n1-c1ccc(C(=O)O)cc1. The zero-order valence-corrected chi connectivity index (χ0v) is 18.6. The van der Waals surface area contributed by atoms with E-state index >= 15 is 0 Å². The Kier molecular flexibility index (Phi) is 5.22. The minimum absolute atomic E-state index is 0.187. The van der Waals surface area contributed by atoms with Crippen molar-refractivity contribution in [1.29, 1.82) is 0 Å². The number of benzene rings is 3. The third-order valence-electron chi connectivity index (χ3n) is 5.86. The molecule has 0 aliphatic carbocycles. The summed E-state index contributed by atoms with van der Waals surface area (Å²) in [5, 5.41) is 16.2. The third-order valence-corrected chi connectivity index (χ3v) is 5.86. The Bertz CT molecular complexity index is 1590. The average molecular weight is 451 g/mol. The number of aryl methyl sites for hydroxylation is 1. The Balaban J connectivity index is 1.36. The second-order valence-corrected chi connectivity index (χ2v) is 8.02. The van der Waals surface area contributed by atoms with Crippen molar-refractivity contribution in [3.8, 4) is 5.69 Å². The van der Waals surface area contributed by atoms with Gasteiger partial charge in [-0.05, 0) is 67.1 Å². The van der Waals surface area contributed by atoms with E-state index in [-0.39, 0.29) is 11.3 Å². The molecule has 3 aromatic carbocycles. The van der Waals surface area contributed by atoms with Gasteiger partial charge in [0.15, 0.2) is 5.76 Å². The lowest BCUT2D eigenvalue weighted by Crippen LogP contribution is -2.16. The Hall–Kier alpha value is -4.65. The zero-order valence-electron chi connectivity index (χ0n) is 18.6. The van der Waals surface area contributed by atoms with Gasteiger partial charge in [0.05, 0.1) is 11.8 Å². The Morgan fingerprint density at radius 2 is 1.74 bits per heavy atom. The van der Waals surface area contributed by atoms with Crippen LogP contribution in [0.5, 0.6) is 0 Å². The lowest BCUT2D eigenvalue weighted by molar-refractivity contribution is 0.0696. The Morgan fingerprint density at radius 1 is 0.971 bits per heavy atom. The molecule has 2 N–H and O–H groups in total. The number of carboxylic acid groups (broad SMARTS) is 1. The van der Waals surface area contributed by atoms with Crippen LogP contribution in [0.15, 0.2) is 82.3 Å². The van der Waals surface area contributed by atoms with E-state index < -0.39 is 11.9 Å². The molecule has 34 heavy (non-hydrogen) atoms. The Morgan fingerprint density at radius 3 is 2.50 bits per heavy atom. The van der Waals surface area contributed by atoms with Crippen LogP contribution < -0.4 is 5.43 Å². The monoisotopic (exact) mass is 451 g/mol. The molecule has 0 unspecified atom stereocenters. The molecule has 5 rings (SSSR count). The van der Waals surface area contributed by atoms with Crippen LogP contribution in [0.3, 0.4) is 0 Å². The maximum atomic E-state index is 12.6. The molecule has 168 valence electrons. The summed E-state index contributed by atoms with van der Waals surface area (Å²) in [5.41, 5.74) is 6.95. The molecule has 7 heteroatoms. The summed E-state index contributed by atoms with van der Waals surface area (Å²) >= 11 is 0. The number of fused-ring (bicyclic) bond motifs is 3. The normalized spacial score (nSPS) is 11.5. The van der Waals surface area contributed by atoms with E-state index in [1.165, 1.54) is 0 Å². The number of carbonyl (C=O) groups is 2. The number of aromatic carboxylic acids is 1. The highest BCUT2D eigenvalue weighted by atomic mass is 16.4. The van der Waals surface area contributed by atoms with E-state index in [1.807, 2.05) is 60.9 Å². The number of rotatable bonds is 5. The lowest BCUT2D eigenvalue weighted by atomic mass is 10.1. The van der Waals surface area contributed by atoms with E-state index in [2.05, 4.69) is 10.5 Å². The van der Waals surface area contributed by atoms with Crippen molar-refractivity contribution < 1.29 is 19.1 Å². The summed E-state index contributed by atoms with van der Waals surface area (Å²) in [6.07, 6.45) is 1.58. The lowest BCUT2D eigenvalue weighted by Gasteiger charge is -2.09. The first-order valence-corrected chi connectivity index (χ1v) is 10.7. The number of carbonyl (C=O) groups excluding carboxylic acids is 1. The first-order valence-electron chi connectivity index (χ1n) is 10.7. The number of furan rings is 1. The van der Waals surface area contributed by atoms with Gasteiger partial charge in [-0.15, -0.1) is 0 Å². The van der Waals surface area contributed by atoms with E-state index in [0.29, 0.717) is 5.58 Å². The van der Waals surface area contributed by atoms with Gasteiger partial charge in [-0.3, -0.25) is 4.79 Å². The minimum Gasteiger partial charge on any atom is -0.478 e. The molecular weight excluding hydrogens is 430 g/mol. The van der Waals surface area contributed by atoms with E-state index in [1.54, 1.807) is 36.5 Å². The first kappa shape index (κ1) is 21.2. The number of hydrogen-bond donors (Lipinski definition) is 2. The average Bonchev–Trinajstić information content (AvgIpc) is 3.40. The van der Waals surface area contributed by atoms with Crippen molar-refractivity contribution in [3.05, 3.63) is 101 Å². The van der Waals surface area contributed by atoms with Gasteiger partial charge in [0, 0.05) is 28.0 Å². The summed E-state index contributed by atoms with van der Waals surface area (Å²) in [6, 6.07) is 22.1. The molecule has 0 radical (unpaired) electrons. The van der Waals surface area contributed by atoms with Gasteiger partial charge in [0.2, 0.25) is 0 Å². The van der Waals surface area contributed by atoms with Crippen molar-refractivity contribution in [1.82, 2.24) is 9.99 Å². The molecule has 0 aliphatic rings. The van der Waals surface area contributed by atoms with Crippen LogP contribution in [-0.2, 0) is 0 Å². The summed E-state index contributed by atoms with van der Waals surface area (Å²) in [7, 11) is 0. The van der Waals surface area contributed by atoms with Crippen LogP contribution in [0.2, 0.25) is 0 Å². The highest BCUT2D eigenvalue weighted by Crippen LogP contribution is 2.28. The molecule has 0 aliphatic heterocycles. The fourth-order valence-corrected chi connectivity index (χ4v) is 4.19. The molecule has 2 heterocycles. The summed E-state index contributed by atoms with van der Waals surface area (Å²) in [5.74, 6) is -1.21. The number of carboxylic acids is 1. The molecule has 2 aromatic heterocycles. The molecule has 0 saturated heterocycles. The zero-order chi connectivity index (χ0) is 23.8. The molecular formula is C27H21N3O4. The fourth-order valence-electron chi connectivity index (χ4n) is 4.19. The van der Waals surface area contributed by atoms with Gasteiger partial charge in [0.1, 0.15) is 5.58 Å². The predicted molar refractivity (Wildman–Crippen MR) is 131 cm³/mol. The van der Waals surface area contributed by atoms with Gasteiger partial charge >= 0.3 is 11.9 Å².